The van der Waals surface area contributed by atoms with Crippen molar-refractivity contribution < 1.29 is 15.7 Å². The average Bonchev–Trinajstić information content (AvgIpc) is 3.66. The molecule has 0 aliphatic heterocycles. The maximum atomic E-state index is 12.8. The monoisotopic (exact) mass is 586 g/mol. The first-order valence-corrected chi connectivity index (χ1v) is 14.5. The summed E-state index contributed by atoms with van der Waals surface area (Å²) in [6.45, 7) is 7.13. The van der Waals surface area contributed by atoms with Crippen LogP contribution < -0.4 is 10.2 Å². The van der Waals surface area contributed by atoms with Gasteiger partial charge in [-0.15, -0.1) is 10.2 Å². The summed E-state index contributed by atoms with van der Waals surface area (Å²) in [5.74, 6) is 1.55. The van der Waals surface area contributed by atoms with E-state index >= 15 is 0 Å². The highest BCUT2D eigenvalue weighted by Crippen LogP contribution is 2.37. The van der Waals surface area contributed by atoms with Gasteiger partial charge in [-0.2, -0.15) is 5.21 Å². The van der Waals surface area contributed by atoms with E-state index in [2.05, 4.69) is 81.6 Å². The lowest BCUT2D eigenvalue weighted by Gasteiger charge is -2.22. The largest absolute Gasteiger partial charge is 0.412 e. The molecule has 5 rings (SSSR count). The van der Waals surface area contributed by atoms with Gasteiger partial charge in [-0.3, -0.25) is 9.47 Å². The van der Waals surface area contributed by atoms with Crippen molar-refractivity contribution in [1.82, 2.24) is 35.5 Å². The van der Waals surface area contributed by atoms with Crippen LogP contribution >= 0.6 is 0 Å². The molecule has 11 nitrogen and oxygen atoms in total. The van der Waals surface area contributed by atoms with Crippen molar-refractivity contribution in [2.24, 2.45) is 0 Å². The van der Waals surface area contributed by atoms with E-state index in [4.69, 9.17) is 4.98 Å². The van der Waals surface area contributed by atoms with Gasteiger partial charge in [0.2, 0.25) is 5.82 Å². The maximum Gasteiger partial charge on any atom is 0.321 e. The Bertz CT molecular complexity index is 1620. The van der Waals surface area contributed by atoms with Gasteiger partial charge in [-0.1, -0.05) is 69.5 Å². The van der Waals surface area contributed by atoms with Crippen LogP contribution in [0, 0.1) is 6.92 Å². The Hall–Kier alpha value is -4.61. The molecule has 3 aromatic carbocycles. The second-order valence-corrected chi connectivity index (χ2v) is 10.3. The summed E-state index contributed by atoms with van der Waals surface area (Å²) >= 11 is 0. The molecule has 0 fully saturated rings. The number of imidazole rings is 1. The van der Waals surface area contributed by atoms with E-state index in [1.165, 1.54) is 0 Å². The van der Waals surface area contributed by atoms with Gasteiger partial charge in [0.05, 0.1) is 16.7 Å². The summed E-state index contributed by atoms with van der Waals surface area (Å²) in [5, 5.41) is 18.0. The van der Waals surface area contributed by atoms with E-state index in [9.17, 15) is 4.79 Å². The zero-order valence-electron chi connectivity index (χ0n) is 25.3. The van der Waals surface area contributed by atoms with Crippen LogP contribution in [-0.2, 0) is 6.42 Å². The van der Waals surface area contributed by atoms with Gasteiger partial charge in [0.15, 0.2) is 0 Å². The van der Waals surface area contributed by atoms with Crippen LogP contribution in [-0.4, -0.2) is 60.8 Å². The van der Waals surface area contributed by atoms with Crippen molar-refractivity contribution in [3.05, 3.63) is 72.1 Å². The average molecular weight is 587 g/mol. The third-order valence-electron chi connectivity index (χ3n) is 7.55. The fourth-order valence-corrected chi connectivity index (χ4v) is 5.42. The molecule has 228 valence electrons. The van der Waals surface area contributed by atoms with Gasteiger partial charge < -0.3 is 16.3 Å². The topological polar surface area (TPSA) is 168 Å². The number of amides is 2. The van der Waals surface area contributed by atoms with Crippen molar-refractivity contribution >= 4 is 22.8 Å². The van der Waals surface area contributed by atoms with Gasteiger partial charge in [-0.05, 0) is 65.9 Å². The van der Waals surface area contributed by atoms with E-state index in [1.807, 2.05) is 35.2 Å². The minimum atomic E-state index is -0.108. The lowest BCUT2D eigenvalue weighted by Crippen LogP contribution is -2.38. The molecule has 0 bridgehead atoms. The number of rotatable bonds is 11. The molecule has 2 amide bonds. The Morgan fingerprint density at radius 2 is 1.74 bits per heavy atom. The van der Waals surface area contributed by atoms with Crippen LogP contribution in [0.1, 0.15) is 57.3 Å². The Labute approximate surface area is 252 Å². The van der Waals surface area contributed by atoms with Gasteiger partial charge in [0.1, 0.15) is 5.82 Å². The highest BCUT2D eigenvalue weighted by atomic mass is 16.2. The Balaban J connectivity index is 0.00000253. The number of fused-ring (bicyclic) bond motifs is 1. The minimum absolute atomic E-state index is 0. The zero-order chi connectivity index (χ0) is 28.8. The lowest BCUT2D eigenvalue weighted by atomic mass is 9.94. The van der Waals surface area contributed by atoms with E-state index in [0.29, 0.717) is 12.4 Å². The fraction of sp³-hybridized carbons (Fsp3) is 0.344. The summed E-state index contributed by atoms with van der Waals surface area (Å²) in [6, 6.07) is 20.6. The molecule has 43 heavy (non-hydrogen) atoms. The van der Waals surface area contributed by atoms with Gasteiger partial charge in [0, 0.05) is 31.3 Å². The van der Waals surface area contributed by atoms with Crippen molar-refractivity contribution in [2.75, 3.05) is 18.5 Å². The van der Waals surface area contributed by atoms with Crippen LogP contribution in [0.5, 0.6) is 0 Å². The van der Waals surface area contributed by atoms with Crippen molar-refractivity contribution in [1.29, 1.82) is 0 Å². The molecule has 0 saturated heterocycles. The van der Waals surface area contributed by atoms with Gasteiger partial charge in [-0.25, -0.2) is 9.78 Å². The number of urea groups is 1. The van der Waals surface area contributed by atoms with Crippen molar-refractivity contribution in [3.63, 3.8) is 0 Å². The number of aromatic amines is 1. The van der Waals surface area contributed by atoms with Crippen LogP contribution in [0.4, 0.5) is 10.5 Å². The number of carbonyl (C=O) groups excluding carboxylic acids is 1. The SMILES string of the molecule is CCCCCN(C(=O)NC)c1ccc2c(c1)nc(CCCC)n2-c1ccc(-c2ccccc2)c(-c2nn[nH]n2)c1C.O.O. The number of aryl methyl sites for hydroxylation is 1. The quantitative estimate of drug-likeness (QED) is 0.202. The van der Waals surface area contributed by atoms with Crippen LogP contribution in [0.2, 0.25) is 0 Å². The van der Waals surface area contributed by atoms with Crippen LogP contribution in [0.25, 0.3) is 39.2 Å². The third kappa shape index (κ3) is 6.73. The first kappa shape index (κ1) is 32.9. The fourth-order valence-electron chi connectivity index (χ4n) is 5.42. The summed E-state index contributed by atoms with van der Waals surface area (Å²) in [6.07, 6.45) is 6.05. The molecule has 0 atom stereocenters. The van der Waals surface area contributed by atoms with E-state index < -0.39 is 0 Å². The molecule has 11 heteroatoms. The van der Waals surface area contributed by atoms with Crippen LogP contribution in [0.15, 0.2) is 60.7 Å². The number of hydrogen-bond acceptors (Lipinski definition) is 5. The summed E-state index contributed by atoms with van der Waals surface area (Å²) in [7, 11) is 1.68. The second kappa shape index (κ2) is 15.0. The number of anilines is 1. The first-order chi connectivity index (χ1) is 20.1. The molecule has 2 heterocycles. The van der Waals surface area contributed by atoms with Crippen molar-refractivity contribution in [2.45, 2.75) is 59.3 Å². The molecule has 0 aliphatic rings. The Kier molecular flexibility index (Phi) is 11.5. The zero-order valence-corrected chi connectivity index (χ0v) is 25.3. The standard InChI is InChI=1S/C32H38N8O.2H2O/c1-5-7-12-20-39(32(41)33-4)24-16-18-28-26(21-24)34-29(15-8-6-2)40(28)27-19-17-25(23-13-10-9-11-14-23)30(22(27)3)31-35-37-38-36-31;;/h9-11,13-14,16-19,21H,5-8,12,15,20H2,1-4H3,(H,33,41)(H,35,36,37,38);2*1H2. The summed E-state index contributed by atoms with van der Waals surface area (Å²) < 4.78 is 2.25. The molecular weight excluding hydrogens is 544 g/mol. The molecule has 2 aromatic heterocycles. The number of hydrogen-bond donors (Lipinski definition) is 2. The van der Waals surface area contributed by atoms with Gasteiger partial charge in [0.25, 0.3) is 0 Å². The number of unbranched alkanes of at least 4 members (excludes halogenated alkanes) is 3. The number of H-pyrrole nitrogens is 1. The minimum Gasteiger partial charge on any atom is -0.412 e. The lowest BCUT2D eigenvalue weighted by molar-refractivity contribution is 0.248. The van der Waals surface area contributed by atoms with E-state index in [-0.39, 0.29) is 17.0 Å². The van der Waals surface area contributed by atoms with E-state index in [0.717, 1.165) is 89.0 Å². The van der Waals surface area contributed by atoms with Crippen molar-refractivity contribution in [3.8, 4) is 28.2 Å². The molecule has 0 unspecified atom stereocenters. The smallest absolute Gasteiger partial charge is 0.321 e. The number of tetrazole rings is 1. The molecule has 0 saturated carbocycles. The predicted octanol–water partition coefficient (Wildman–Crippen LogP) is 5.21. The number of nitrogens with zero attached hydrogens (tertiary/aromatic N) is 6. The molecule has 6 N–H and O–H groups in total. The number of aromatic nitrogens is 6. The second-order valence-electron chi connectivity index (χ2n) is 10.3. The Morgan fingerprint density at radius 3 is 2.42 bits per heavy atom. The third-order valence-corrected chi connectivity index (χ3v) is 7.55. The normalized spacial score (nSPS) is 10.7. The summed E-state index contributed by atoms with van der Waals surface area (Å²) in [5.41, 5.74) is 7.85. The molecular formula is C32H42N8O3. The highest BCUT2D eigenvalue weighted by Gasteiger charge is 2.22. The molecule has 0 spiro atoms. The number of carbonyl (C=O) groups is 1. The molecule has 0 aliphatic carbocycles. The number of benzene rings is 3. The predicted molar refractivity (Wildman–Crippen MR) is 172 cm³/mol. The highest BCUT2D eigenvalue weighted by molar-refractivity contribution is 5.95. The summed E-state index contributed by atoms with van der Waals surface area (Å²) in [4.78, 5) is 19.7. The molecule has 5 aromatic rings. The van der Waals surface area contributed by atoms with Gasteiger partial charge >= 0.3 is 6.03 Å². The van der Waals surface area contributed by atoms with Crippen LogP contribution in [0.3, 0.4) is 0 Å². The van der Waals surface area contributed by atoms with E-state index in [1.54, 1.807) is 7.05 Å². The number of nitrogens with one attached hydrogen (secondary N) is 2. The maximum absolute atomic E-state index is 12.8. The first-order valence-electron chi connectivity index (χ1n) is 14.5. The Morgan fingerprint density at radius 1 is 0.977 bits per heavy atom. The molecule has 0 radical (unpaired) electrons.